The van der Waals surface area contributed by atoms with Crippen molar-refractivity contribution >= 4 is 22.9 Å². The largest absolute Gasteiger partial charge is 0.357 e. The summed E-state index contributed by atoms with van der Waals surface area (Å²) in [5, 5.41) is 13.7. The molecule has 25 heavy (non-hydrogen) atoms. The average Bonchev–Trinajstić information content (AvgIpc) is 2.65. The highest BCUT2D eigenvalue weighted by atomic mass is 16.6. The number of hydrogen-bond acceptors (Lipinski definition) is 4. The Morgan fingerprint density at radius 2 is 2.04 bits per heavy atom. The van der Waals surface area contributed by atoms with Gasteiger partial charge in [-0.25, -0.2) is 0 Å². The van der Waals surface area contributed by atoms with E-state index in [9.17, 15) is 10.1 Å². The van der Waals surface area contributed by atoms with E-state index in [1.807, 2.05) is 30.3 Å². The predicted molar refractivity (Wildman–Crippen MR) is 99.0 cm³/mol. The molecule has 0 aliphatic heterocycles. The topological polar surface area (TPSA) is 78.2 Å². The molecular weight excluding hydrogens is 314 g/mol. The average molecular weight is 329 g/mol. The molecular formula is C20H15N3O2. The number of benzene rings is 2. The molecule has 5 heteroatoms. The van der Waals surface area contributed by atoms with Crippen LogP contribution >= 0.6 is 0 Å². The number of oxime groups is 1. The molecule has 122 valence electrons. The summed E-state index contributed by atoms with van der Waals surface area (Å²) in [4.78, 5) is 20.7. The quantitative estimate of drug-likeness (QED) is 0.445. The Morgan fingerprint density at radius 1 is 1.28 bits per heavy atom. The molecule has 5 nitrogen and oxygen atoms in total. The number of fused-ring (bicyclic) bond motifs is 1. The zero-order valence-corrected chi connectivity index (χ0v) is 13.6. The van der Waals surface area contributed by atoms with Gasteiger partial charge >= 0.3 is 0 Å². The number of rotatable bonds is 4. The van der Waals surface area contributed by atoms with Crippen molar-refractivity contribution < 1.29 is 4.84 Å². The van der Waals surface area contributed by atoms with Gasteiger partial charge in [0.2, 0.25) is 0 Å². The van der Waals surface area contributed by atoms with E-state index >= 15 is 0 Å². The van der Waals surface area contributed by atoms with Crippen LogP contribution in [0, 0.1) is 11.3 Å². The van der Waals surface area contributed by atoms with Crippen molar-refractivity contribution in [1.29, 1.82) is 5.26 Å². The first-order valence-electron chi connectivity index (χ1n) is 7.65. The Kier molecular flexibility index (Phi) is 4.44. The van der Waals surface area contributed by atoms with Gasteiger partial charge in [0, 0.05) is 22.7 Å². The number of pyridine rings is 1. The number of hydrogen-bond donors (Lipinski definition) is 1. The van der Waals surface area contributed by atoms with E-state index in [1.54, 1.807) is 25.1 Å². The first-order chi connectivity index (χ1) is 12.2. The lowest BCUT2D eigenvalue weighted by molar-refractivity contribution is 0.301. The predicted octanol–water partition coefficient (Wildman–Crippen LogP) is 4.06. The minimum Gasteiger partial charge on any atom is -0.357 e. The third-order valence-electron chi connectivity index (χ3n) is 3.75. The fourth-order valence-corrected chi connectivity index (χ4v) is 2.70. The molecule has 2 aromatic carbocycles. The molecule has 1 aromatic heterocycles. The highest BCUT2D eigenvalue weighted by Gasteiger charge is 2.18. The lowest BCUT2D eigenvalue weighted by Crippen LogP contribution is -2.14. The Labute approximate surface area is 144 Å². The second-order valence-electron chi connectivity index (χ2n) is 5.32. The van der Waals surface area contributed by atoms with Crippen molar-refractivity contribution in [3.63, 3.8) is 0 Å². The Bertz CT molecular complexity index is 1070. The van der Waals surface area contributed by atoms with Gasteiger partial charge in [0.1, 0.15) is 0 Å². The molecule has 0 amide bonds. The third-order valence-corrected chi connectivity index (χ3v) is 3.75. The van der Waals surface area contributed by atoms with Crippen LogP contribution in [0.4, 0.5) is 0 Å². The number of nitrogens with zero attached hydrogens (tertiary/aromatic N) is 2. The summed E-state index contributed by atoms with van der Waals surface area (Å²) >= 11 is 0. The summed E-state index contributed by atoms with van der Waals surface area (Å²) in [6.07, 6.45) is 1.47. The SMILES string of the molecule is C=C(O/N=C/C)c1c(-c2ccccc2)c2cc(C#N)ccc2[nH]c1=O. The molecule has 3 rings (SSSR count). The summed E-state index contributed by atoms with van der Waals surface area (Å²) in [7, 11) is 0. The van der Waals surface area contributed by atoms with E-state index in [2.05, 4.69) is 22.8 Å². The lowest BCUT2D eigenvalue weighted by Gasteiger charge is -2.13. The minimum atomic E-state index is -0.327. The summed E-state index contributed by atoms with van der Waals surface area (Å²) in [5.41, 5.74) is 2.59. The second-order valence-corrected chi connectivity index (χ2v) is 5.32. The van der Waals surface area contributed by atoms with Crippen LogP contribution in [-0.4, -0.2) is 11.2 Å². The Morgan fingerprint density at radius 3 is 2.72 bits per heavy atom. The number of aromatic amines is 1. The van der Waals surface area contributed by atoms with Crippen molar-refractivity contribution in [3.8, 4) is 17.2 Å². The van der Waals surface area contributed by atoms with Crippen molar-refractivity contribution in [1.82, 2.24) is 4.98 Å². The van der Waals surface area contributed by atoms with Crippen LogP contribution in [0.15, 0.2) is 65.1 Å². The van der Waals surface area contributed by atoms with Gasteiger partial charge in [-0.2, -0.15) is 5.26 Å². The van der Waals surface area contributed by atoms with E-state index in [4.69, 9.17) is 4.84 Å². The molecule has 0 saturated heterocycles. The standard InChI is InChI=1S/C20H15N3O2/c1-3-22-25-13(2)18-19(15-7-5-4-6-8-15)16-11-14(12-21)9-10-17(16)23-20(18)24/h3-11H,2H2,1H3,(H,23,24)/b22-3+. The molecule has 1 N–H and O–H groups in total. The van der Waals surface area contributed by atoms with E-state index in [0.29, 0.717) is 22.2 Å². The van der Waals surface area contributed by atoms with Gasteiger partial charge in [0.15, 0.2) is 5.76 Å². The maximum atomic E-state index is 12.7. The Balaban J connectivity index is 2.41. The highest BCUT2D eigenvalue weighted by Crippen LogP contribution is 2.33. The molecule has 1 heterocycles. The maximum absolute atomic E-state index is 12.7. The van der Waals surface area contributed by atoms with E-state index < -0.39 is 0 Å². The molecule has 0 unspecified atom stereocenters. The van der Waals surface area contributed by atoms with Gasteiger partial charge in [-0.05, 0) is 30.7 Å². The zero-order valence-electron chi connectivity index (χ0n) is 13.6. The van der Waals surface area contributed by atoms with Crippen LogP contribution < -0.4 is 5.56 Å². The fourth-order valence-electron chi connectivity index (χ4n) is 2.70. The van der Waals surface area contributed by atoms with Crippen LogP contribution in [-0.2, 0) is 4.84 Å². The van der Waals surface area contributed by atoms with Gasteiger partial charge in [-0.1, -0.05) is 42.1 Å². The molecule has 0 atom stereocenters. The number of H-pyrrole nitrogens is 1. The fraction of sp³-hybridized carbons (Fsp3) is 0.0500. The van der Waals surface area contributed by atoms with Crippen LogP contribution in [0.1, 0.15) is 18.1 Å². The van der Waals surface area contributed by atoms with Gasteiger partial charge in [-0.15, -0.1) is 0 Å². The van der Waals surface area contributed by atoms with Gasteiger partial charge in [0.25, 0.3) is 5.56 Å². The van der Waals surface area contributed by atoms with Crippen molar-refractivity contribution in [2.24, 2.45) is 5.16 Å². The molecule has 0 aliphatic rings. The van der Waals surface area contributed by atoms with Gasteiger partial charge in [0.05, 0.1) is 17.2 Å². The van der Waals surface area contributed by atoms with Gasteiger partial charge < -0.3 is 9.82 Å². The molecule has 0 aliphatic carbocycles. The molecule has 3 aromatic rings. The molecule has 0 bridgehead atoms. The third kappa shape index (κ3) is 3.06. The van der Waals surface area contributed by atoms with Crippen molar-refractivity contribution in [2.45, 2.75) is 6.92 Å². The Hall–Kier alpha value is -3.65. The van der Waals surface area contributed by atoms with E-state index in [-0.39, 0.29) is 11.3 Å². The summed E-state index contributed by atoms with van der Waals surface area (Å²) in [6, 6.07) is 16.7. The highest BCUT2D eigenvalue weighted by molar-refractivity contribution is 5.99. The smallest absolute Gasteiger partial charge is 0.260 e. The van der Waals surface area contributed by atoms with Gasteiger partial charge in [-0.3, -0.25) is 4.79 Å². The molecule has 0 spiro atoms. The van der Waals surface area contributed by atoms with Crippen LogP contribution in [0.25, 0.3) is 27.8 Å². The van der Waals surface area contributed by atoms with E-state index in [1.165, 1.54) is 6.21 Å². The lowest BCUT2D eigenvalue weighted by atomic mass is 9.94. The molecule has 0 radical (unpaired) electrons. The second kappa shape index (κ2) is 6.85. The van der Waals surface area contributed by atoms with Crippen LogP contribution in [0.3, 0.4) is 0 Å². The first kappa shape index (κ1) is 16.2. The molecule has 0 saturated carbocycles. The normalized spacial score (nSPS) is 10.7. The van der Waals surface area contributed by atoms with E-state index in [0.717, 1.165) is 10.9 Å². The van der Waals surface area contributed by atoms with Crippen LogP contribution in [0.5, 0.6) is 0 Å². The van der Waals surface area contributed by atoms with Crippen molar-refractivity contribution in [2.75, 3.05) is 0 Å². The molecule has 0 fully saturated rings. The minimum absolute atomic E-state index is 0.141. The van der Waals surface area contributed by atoms with Crippen molar-refractivity contribution in [3.05, 3.63) is 76.6 Å². The zero-order chi connectivity index (χ0) is 17.8. The number of nitrogens with one attached hydrogen (secondary N) is 1. The monoisotopic (exact) mass is 329 g/mol. The van der Waals surface area contributed by atoms with Crippen LogP contribution in [0.2, 0.25) is 0 Å². The number of aromatic nitrogens is 1. The summed E-state index contributed by atoms with van der Waals surface area (Å²) < 4.78 is 0. The summed E-state index contributed by atoms with van der Waals surface area (Å²) in [6.45, 7) is 5.54. The number of nitriles is 1. The maximum Gasteiger partial charge on any atom is 0.260 e. The first-order valence-corrected chi connectivity index (χ1v) is 7.65. The summed E-state index contributed by atoms with van der Waals surface area (Å²) in [5.74, 6) is 0.141.